The molecule has 2 fully saturated rings. The number of hydrogen-bond acceptors (Lipinski definition) is 5. The molecule has 2 saturated heterocycles. The van der Waals surface area contributed by atoms with Gasteiger partial charge in [0.05, 0.1) is 13.1 Å². The molecule has 2 rings (SSSR count). The van der Waals surface area contributed by atoms with Gasteiger partial charge in [-0.3, -0.25) is 14.7 Å². The molecule has 0 atom stereocenters. The standard InChI is InChI=1S/C19H37N5O2S/c1-5-20-18(21-15-19(27-4)6-12-26-13-7-19)24-10-8-23(9-11-24)14-17(25)22-16(2)3/h16H,5-15H2,1-4H3,(H,20,21)(H,22,25). The number of carbonyl (C=O) groups excluding carboxylic acids is 1. The van der Waals surface area contributed by atoms with Crippen LogP contribution in [0.5, 0.6) is 0 Å². The summed E-state index contributed by atoms with van der Waals surface area (Å²) in [5.41, 5.74) is 0. The average molecular weight is 400 g/mol. The smallest absolute Gasteiger partial charge is 0.234 e. The molecule has 2 aliphatic rings. The molecule has 0 bridgehead atoms. The van der Waals surface area contributed by atoms with Gasteiger partial charge in [0.15, 0.2) is 5.96 Å². The summed E-state index contributed by atoms with van der Waals surface area (Å²) in [5, 5.41) is 6.42. The molecular weight excluding hydrogens is 362 g/mol. The number of thioether (sulfide) groups is 1. The van der Waals surface area contributed by atoms with E-state index < -0.39 is 0 Å². The summed E-state index contributed by atoms with van der Waals surface area (Å²) in [6.45, 7) is 13.5. The van der Waals surface area contributed by atoms with Crippen LogP contribution in [-0.4, -0.2) is 97.7 Å². The highest BCUT2D eigenvalue weighted by atomic mass is 32.2. The van der Waals surface area contributed by atoms with Crippen molar-refractivity contribution in [1.29, 1.82) is 0 Å². The molecule has 0 spiro atoms. The van der Waals surface area contributed by atoms with Gasteiger partial charge in [0.25, 0.3) is 0 Å². The van der Waals surface area contributed by atoms with Crippen LogP contribution in [0.15, 0.2) is 4.99 Å². The molecule has 1 amide bonds. The van der Waals surface area contributed by atoms with E-state index in [0.29, 0.717) is 6.54 Å². The van der Waals surface area contributed by atoms with Gasteiger partial charge in [-0.2, -0.15) is 11.8 Å². The first-order valence-electron chi connectivity index (χ1n) is 10.2. The van der Waals surface area contributed by atoms with Crippen molar-refractivity contribution < 1.29 is 9.53 Å². The van der Waals surface area contributed by atoms with Gasteiger partial charge in [0.2, 0.25) is 5.91 Å². The van der Waals surface area contributed by atoms with E-state index in [1.54, 1.807) is 0 Å². The lowest BCUT2D eigenvalue weighted by atomic mass is 9.99. The Balaban J connectivity index is 1.88. The van der Waals surface area contributed by atoms with E-state index >= 15 is 0 Å². The van der Waals surface area contributed by atoms with E-state index in [2.05, 4.69) is 33.6 Å². The van der Waals surface area contributed by atoms with Crippen LogP contribution in [-0.2, 0) is 9.53 Å². The van der Waals surface area contributed by atoms with Crippen molar-refractivity contribution in [1.82, 2.24) is 20.4 Å². The number of piperazine rings is 1. The molecule has 0 aliphatic carbocycles. The monoisotopic (exact) mass is 399 g/mol. The fourth-order valence-corrected chi connectivity index (χ4v) is 4.27. The Morgan fingerprint density at radius 2 is 1.89 bits per heavy atom. The molecule has 27 heavy (non-hydrogen) atoms. The lowest BCUT2D eigenvalue weighted by molar-refractivity contribution is -0.123. The zero-order chi connectivity index (χ0) is 19.7. The first-order valence-corrected chi connectivity index (χ1v) is 11.4. The van der Waals surface area contributed by atoms with Gasteiger partial charge >= 0.3 is 0 Å². The maximum atomic E-state index is 12.0. The van der Waals surface area contributed by atoms with Crippen molar-refractivity contribution in [3.8, 4) is 0 Å². The summed E-state index contributed by atoms with van der Waals surface area (Å²) in [6.07, 6.45) is 4.32. The Morgan fingerprint density at radius 3 is 2.44 bits per heavy atom. The highest BCUT2D eigenvalue weighted by Gasteiger charge is 2.32. The van der Waals surface area contributed by atoms with Crippen molar-refractivity contribution in [2.45, 2.75) is 44.4 Å². The SMILES string of the molecule is CCNC(=NCC1(SC)CCOCC1)N1CCN(CC(=O)NC(C)C)CC1. The van der Waals surface area contributed by atoms with E-state index in [-0.39, 0.29) is 16.7 Å². The summed E-state index contributed by atoms with van der Waals surface area (Å²) in [5.74, 6) is 1.11. The molecule has 0 aromatic carbocycles. The number of carbonyl (C=O) groups is 1. The van der Waals surface area contributed by atoms with E-state index in [0.717, 1.165) is 71.3 Å². The van der Waals surface area contributed by atoms with Crippen LogP contribution >= 0.6 is 11.8 Å². The molecule has 0 aromatic heterocycles. The second-order valence-corrected chi connectivity index (χ2v) is 8.93. The zero-order valence-corrected chi connectivity index (χ0v) is 18.2. The third-order valence-corrected chi connectivity index (χ3v) is 6.58. The molecule has 0 saturated carbocycles. The Bertz CT molecular complexity index is 486. The van der Waals surface area contributed by atoms with Gasteiger partial charge in [0.1, 0.15) is 0 Å². The number of ether oxygens (including phenoxy) is 1. The zero-order valence-electron chi connectivity index (χ0n) is 17.4. The average Bonchev–Trinajstić information content (AvgIpc) is 2.66. The predicted octanol–water partition coefficient (Wildman–Crippen LogP) is 1.01. The summed E-state index contributed by atoms with van der Waals surface area (Å²) >= 11 is 1.93. The van der Waals surface area contributed by atoms with E-state index in [1.165, 1.54) is 0 Å². The Labute approximate surface area is 168 Å². The number of nitrogens with one attached hydrogen (secondary N) is 2. The molecule has 0 radical (unpaired) electrons. The lowest BCUT2D eigenvalue weighted by Crippen LogP contribution is -2.54. The van der Waals surface area contributed by atoms with E-state index in [4.69, 9.17) is 9.73 Å². The number of nitrogens with zero attached hydrogens (tertiary/aromatic N) is 3. The van der Waals surface area contributed by atoms with Gasteiger partial charge in [-0.25, -0.2) is 0 Å². The van der Waals surface area contributed by atoms with Crippen LogP contribution in [0.3, 0.4) is 0 Å². The van der Waals surface area contributed by atoms with Crippen LogP contribution in [0.25, 0.3) is 0 Å². The Morgan fingerprint density at radius 1 is 1.22 bits per heavy atom. The van der Waals surface area contributed by atoms with Crippen LogP contribution < -0.4 is 10.6 Å². The van der Waals surface area contributed by atoms with Gasteiger partial charge in [-0.1, -0.05) is 0 Å². The highest BCUT2D eigenvalue weighted by Crippen LogP contribution is 2.34. The minimum Gasteiger partial charge on any atom is -0.381 e. The van der Waals surface area contributed by atoms with E-state index in [1.807, 2.05) is 25.6 Å². The van der Waals surface area contributed by atoms with Crippen molar-refractivity contribution in [2.24, 2.45) is 4.99 Å². The van der Waals surface area contributed by atoms with Crippen LogP contribution in [0.1, 0.15) is 33.6 Å². The Hall–Kier alpha value is -0.990. The molecule has 2 aliphatic heterocycles. The first-order chi connectivity index (χ1) is 13.0. The van der Waals surface area contributed by atoms with Crippen LogP contribution in [0.4, 0.5) is 0 Å². The maximum absolute atomic E-state index is 12.0. The molecule has 8 heteroatoms. The molecule has 0 unspecified atom stereocenters. The third kappa shape index (κ3) is 7.16. The molecule has 2 heterocycles. The largest absolute Gasteiger partial charge is 0.381 e. The van der Waals surface area contributed by atoms with Crippen molar-refractivity contribution in [3.63, 3.8) is 0 Å². The fourth-order valence-electron chi connectivity index (χ4n) is 3.50. The summed E-state index contributed by atoms with van der Waals surface area (Å²) in [4.78, 5) is 21.5. The molecule has 0 aromatic rings. The predicted molar refractivity (Wildman–Crippen MR) is 114 cm³/mol. The normalized spacial score (nSPS) is 21.4. The quantitative estimate of drug-likeness (QED) is 0.492. The van der Waals surface area contributed by atoms with Gasteiger partial charge in [0, 0.05) is 56.7 Å². The highest BCUT2D eigenvalue weighted by molar-refractivity contribution is 8.00. The lowest BCUT2D eigenvalue weighted by Gasteiger charge is -2.38. The van der Waals surface area contributed by atoms with Crippen molar-refractivity contribution in [3.05, 3.63) is 0 Å². The van der Waals surface area contributed by atoms with E-state index in [9.17, 15) is 4.79 Å². The van der Waals surface area contributed by atoms with Crippen LogP contribution in [0, 0.1) is 0 Å². The second-order valence-electron chi connectivity index (χ2n) is 7.66. The third-order valence-electron chi connectivity index (χ3n) is 5.18. The number of aliphatic imine (C=N–C) groups is 1. The Kier molecular flexibility index (Phi) is 9.18. The molecular formula is C19H37N5O2S. The number of rotatable bonds is 7. The summed E-state index contributed by atoms with van der Waals surface area (Å²) in [6, 6.07) is 0.195. The molecule has 7 nitrogen and oxygen atoms in total. The minimum atomic E-state index is 0.112. The van der Waals surface area contributed by atoms with Crippen molar-refractivity contribution >= 4 is 23.6 Å². The van der Waals surface area contributed by atoms with Crippen LogP contribution in [0.2, 0.25) is 0 Å². The van der Waals surface area contributed by atoms with Gasteiger partial charge < -0.3 is 20.3 Å². The molecule has 2 N–H and O–H groups in total. The number of amides is 1. The molecule has 156 valence electrons. The fraction of sp³-hybridized carbons (Fsp3) is 0.895. The number of guanidine groups is 1. The summed E-state index contributed by atoms with van der Waals surface area (Å²) < 4.78 is 5.74. The second kappa shape index (κ2) is 11.1. The van der Waals surface area contributed by atoms with Gasteiger partial charge in [-0.15, -0.1) is 0 Å². The first kappa shape index (κ1) is 22.3. The van der Waals surface area contributed by atoms with Crippen molar-refractivity contribution in [2.75, 3.05) is 65.3 Å². The topological polar surface area (TPSA) is 69.2 Å². The summed E-state index contributed by atoms with van der Waals surface area (Å²) in [7, 11) is 0. The minimum absolute atomic E-state index is 0.112. The number of hydrogen-bond donors (Lipinski definition) is 2. The maximum Gasteiger partial charge on any atom is 0.234 e. The van der Waals surface area contributed by atoms with Gasteiger partial charge in [-0.05, 0) is 39.9 Å².